The molecule has 0 radical (unpaired) electrons. The zero-order valence-electron chi connectivity index (χ0n) is 33.6. The molecule has 16 N–H and O–H groups in total. The molecule has 0 unspecified atom stereocenters. The van der Waals surface area contributed by atoms with Crippen molar-refractivity contribution in [3.8, 4) is 0 Å². The highest BCUT2D eigenvalue weighted by molar-refractivity contribution is 5.56. The fourth-order valence-electron chi connectivity index (χ4n) is 7.50. The van der Waals surface area contributed by atoms with Crippen LogP contribution in [0.25, 0.3) is 0 Å². The second-order valence-corrected chi connectivity index (χ2v) is 16.0. The highest BCUT2D eigenvalue weighted by Crippen LogP contribution is 2.31. The fourth-order valence-corrected chi connectivity index (χ4v) is 7.50. The largest absolute Gasteiger partial charge is 0.394 e. The van der Waals surface area contributed by atoms with E-state index in [-0.39, 0.29) is 12.9 Å². The number of aliphatic hydroxyl groups is 16. The summed E-state index contributed by atoms with van der Waals surface area (Å²) < 4.78 is 65.3. The first-order valence-corrected chi connectivity index (χ1v) is 20.3. The minimum absolute atomic E-state index is 0.00681. The fraction of sp³-hybridized carbons (Fsp3) is 0.971. The molecule has 64 heavy (non-hydrogen) atoms. The second kappa shape index (κ2) is 22.8. The lowest BCUT2D eigenvalue weighted by Crippen LogP contribution is -2.63. The molecule has 6 heterocycles. The van der Waals surface area contributed by atoms with Crippen molar-refractivity contribution in [2.45, 2.75) is 166 Å². The Morgan fingerprint density at radius 1 is 0.406 bits per heavy atom. The summed E-state index contributed by atoms with van der Waals surface area (Å²) in [4.78, 5) is 10.8. The quantitative estimate of drug-likeness (QED) is 0.0639. The van der Waals surface area contributed by atoms with Crippen LogP contribution in [0.15, 0.2) is 0 Å². The summed E-state index contributed by atoms with van der Waals surface area (Å²) in [5.41, 5.74) is 0. The highest BCUT2D eigenvalue weighted by Gasteiger charge is 2.52. The van der Waals surface area contributed by atoms with E-state index in [4.69, 9.17) is 56.8 Å². The zero-order valence-corrected chi connectivity index (χ0v) is 33.6. The summed E-state index contributed by atoms with van der Waals surface area (Å²) in [7, 11) is 0. The first kappa shape index (κ1) is 51.9. The number of carbonyl (C=O) groups excluding carboxylic acids is 1. The lowest BCUT2D eigenvalue weighted by atomic mass is 10.0. The van der Waals surface area contributed by atoms with Gasteiger partial charge in [-0.2, -0.15) is 0 Å². The lowest BCUT2D eigenvalue weighted by molar-refractivity contribution is -0.366. The zero-order chi connectivity index (χ0) is 46.7. The maximum absolute atomic E-state index is 10.9. The van der Waals surface area contributed by atoms with Gasteiger partial charge in [0.15, 0.2) is 44.0 Å². The van der Waals surface area contributed by atoms with E-state index in [0.717, 1.165) is 0 Å². The molecule has 0 spiro atoms. The maximum Gasteiger partial charge on any atom is 0.186 e. The van der Waals surface area contributed by atoms with Crippen LogP contribution in [0.2, 0.25) is 0 Å². The monoisotopic (exact) mass is 942 g/mol. The Bertz CT molecular complexity index is 1440. The van der Waals surface area contributed by atoms with Gasteiger partial charge in [-0.3, -0.25) is 0 Å². The van der Waals surface area contributed by atoms with Gasteiger partial charge in [-0.05, 0) is 0 Å². The topological polar surface area (TPSA) is 452 Å². The molecule has 27 atom stereocenters. The van der Waals surface area contributed by atoms with Crippen molar-refractivity contribution in [3.05, 3.63) is 0 Å². The van der Waals surface area contributed by atoms with Gasteiger partial charge in [0.1, 0.15) is 128 Å². The molecule has 29 heteroatoms. The van der Waals surface area contributed by atoms with Crippen molar-refractivity contribution >= 4 is 6.29 Å². The van der Waals surface area contributed by atoms with Crippen LogP contribution in [-0.2, 0) is 61.6 Å². The first-order valence-electron chi connectivity index (χ1n) is 20.3. The van der Waals surface area contributed by atoms with Gasteiger partial charge in [0, 0.05) is 0 Å². The molecule has 0 saturated carbocycles. The van der Waals surface area contributed by atoms with Crippen molar-refractivity contribution in [1.82, 2.24) is 0 Å². The van der Waals surface area contributed by atoms with Crippen LogP contribution in [-0.4, -0.2) is 300 Å². The van der Waals surface area contributed by atoms with Crippen LogP contribution in [0, 0.1) is 0 Å². The van der Waals surface area contributed by atoms with Crippen molar-refractivity contribution < 1.29 is 143 Å². The molecule has 0 aliphatic carbocycles. The normalized spacial score (nSPS) is 49.8. The van der Waals surface area contributed by atoms with Crippen LogP contribution >= 0.6 is 0 Å². The summed E-state index contributed by atoms with van der Waals surface area (Å²) in [5, 5.41) is 166. The molecule has 6 fully saturated rings. The van der Waals surface area contributed by atoms with Crippen molar-refractivity contribution in [2.24, 2.45) is 0 Å². The molecular weight excluding hydrogens is 884 g/mol. The molecule has 6 saturated heterocycles. The van der Waals surface area contributed by atoms with Crippen LogP contribution < -0.4 is 0 Å². The molecular formula is C35H58O29. The lowest BCUT2D eigenvalue weighted by Gasteiger charge is -2.45. The average Bonchev–Trinajstić information content (AvgIpc) is 3.28. The summed E-state index contributed by atoms with van der Waals surface area (Å²) >= 11 is 0. The van der Waals surface area contributed by atoms with E-state index >= 15 is 0 Å². The van der Waals surface area contributed by atoms with E-state index in [1.165, 1.54) is 0 Å². The molecule has 6 aliphatic rings. The van der Waals surface area contributed by atoms with E-state index < -0.39 is 206 Å². The van der Waals surface area contributed by atoms with Gasteiger partial charge in [0.2, 0.25) is 0 Å². The SMILES string of the molecule is O=C[C@H](O)[C@@H](O)[C@@H](CO)O[C@@H]1OC[C@@H](O[C@@H]2OC[C@@H](O[C@@H]3OC[C@@H](O[C@@H]4OC[C@@H](O[C@@H]5OC[C@@H](O[C@@H]6OC[C@@H](O)[C@H](O)[C@H]6O)[C@H](O)[C@H]5O)[C@H](O)[C@H]4O)[C@H](O)[C@H]3O)[C@H](O)[C@H]2O)[C@H](O)[C@H]1O. The predicted octanol–water partition coefficient (Wildman–Crippen LogP) is -12.0. The number of aliphatic hydroxyl groups excluding tert-OH is 16. The standard InChI is InChI=1S/C35H58O29/c36-1-9(38)17(40)11(2-37)59-31-25(48)19(42)13(4-54-31)61-33-27(50)21(44)15(6-56-33)63-35-29(52)23(46)16(8-58-35)64-34-28(51)22(45)14(7-57-34)62-32-26(49)20(43)12(5-55-32)60-30-24(47)18(41)10(39)3-53-30/h1,9-35,37-52H,2-8H2/t9-,10+,11+,12+,13+,14+,15+,16+,17+,18-,19-,20-,21-,22-,23-,24+,25+,26+,27+,28+,29+,30-,31-,32-,33-,34-,35-/m0/s1. The third-order valence-corrected chi connectivity index (χ3v) is 11.5. The summed E-state index contributed by atoms with van der Waals surface area (Å²) in [6.45, 7) is -3.78. The van der Waals surface area contributed by atoms with Gasteiger partial charge < -0.3 is 143 Å². The summed E-state index contributed by atoms with van der Waals surface area (Å²) in [5.74, 6) is 0. The minimum Gasteiger partial charge on any atom is -0.394 e. The van der Waals surface area contributed by atoms with E-state index in [2.05, 4.69) is 0 Å². The Labute approximate surface area is 361 Å². The Morgan fingerprint density at radius 3 is 0.969 bits per heavy atom. The van der Waals surface area contributed by atoms with Crippen LogP contribution in [0.1, 0.15) is 0 Å². The average molecular weight is 943 g/mol. The van der Waals surface area contributed by atoms with Crippen molar-refractivity contribution in [2.75, 3.05) is 46.2 Å². The molecule has 372 valence electrons. The summed E-state index contributed by atoms with van der Waals surface area (Å²) in [6, 6.07) is 0. The van der Waals surface area contributed by atoms with E-state index in [9.17, 15) is 86.5 Å². The molecule has 0 aromatic carbocycles. The third kappa shape index (κ3) is 11.5. The maximum atomic E-state index is 10.9. The van der Waals surface area contributed by atoms with Gasteiger partial charge in [-0.15, -0.1) is 0 Å². The highest BCUT2D eigenvalue weighted by atomic mass is 16.8. The van der Waals surface area contributed by atoms with E-state index in [0.29, 0.717) is 0 Å². The van der Waals surface area contributed by atoms with Crippen LogP contribution in [0.3, 0.4) is 0 Å². The second-order valence-electron chi connectivity index (χ2n) is 16.0. The van der Waals surface area contributed by atoms with E-state index in [1.807, 2.05) is 0 Å². The number of carbonyl (C=O) groups is 1. The van der Waals surface area contributed by atoms with E-state index in [1.54, 1.807) is 0 Å². The van der Waals surface area contributed by atoms with Crippen molar-refractivity contribution in [1.29, 1.82) is 0 Å². The molecule has 6 rings (SSSR count). The van der Waals surface area contributed by atoms with Gasteiger partial charge in [-0.25, -0.2) is 0 Å². The van der Waals surface area contributed by atoms with Gasteiger partial charge in [0.25, 0.3) is 0 Å². The minimum atomic E-state index is -1.94. The number of hydrogen-bond acceptors (Lipinski definition) is 29. The Balaban J connectivity index is 0.922. The van der Waals surface area contributed by atoms with Gasteiger partial charge in [0.05, 0.1) is 46.2 Å². The Morgan fingerprint density at radius 2 is 0.672 bits per heavy atom. The molecule has 0 bridgehead atoms. The molecule has 6 aliphatic heterocycles. The molecule has 29 nitrogen and oxygen atoms in total. The molecule has 0 aromatic rings. The van der Waals surface area contributed by atoms with Gasteiger partial charge >= 0.3 is 0 Å². The number of ether oxygens (including phenoxy) is 12. The number of hydrogen-bond donors (Lipinski definition) is 16. The van der Waals surface area contributed by atoms with Crippen LogP contribution in [0.4, 0.5) is 0 Å². The van der Waals surface area contributed by atoms with Crippen molar-refractivity contribution in [3.63, 3.8) is 0 Å². The summed E-state index contributed by atoms with van der Waals surface area (Å²) in [6.07, 6.45) is -44.9. The predicted molar refractivity (Wildman–Crippen MR) is 191 cm³/mol. The Hall–Kier alpha value is -1.45. The van der Waals surface area contributed by atoms with Gasteiger partial charge in [-0.1, -0.05) is 0 Å². The molecule has 0 aromatic heterocycles. The molecule has 0 amide bonds. The smallest absolute Gasteiger partial charge is 0.186 e. The number of rotatable bonds is 16. The van der Waals surface area contributed by atoms with Crippen LogP contribution in [0.5, 0.6) is 0 Å². The third-order valence-electron chi connectivity index (χ3n) is 11.5. The first-order chi connectivity index (χ1) is 30.4. The number of aldehydes is 1. The Kier molecular flexibility index (Phi) is 18.5.